The zero-order valence-electron chi connectivity index (χ0n) is 8.41. The lowest BCUT2D eigenvalue weighted by molar-refractivity contribution is 0.355. The van der Waals surface area contributed by atoms with Gasteiger partial charge in [0.1, 0.15) is 0 Å². The summed E-state index contributed by atoms with van der Waals surface area (Å²) in [5, 5.41) is 0. The Bertz CT molecular complexity index is 285. The van der Waals surface area contributed by atoms with Crippen molar-refractivity contribution in [1.82, 2.24) is 9.88 Å². The van der Waals surface area contributed by atoms with Gasteiger partial charge in [0.25, 0.3) is 0 Å². The van der Waals surface area contributed by atoms with Crippen molar-refractivity contribution in [1.29, 1.82) is 0 Å². The number of nitrogens with zero attached hydrogens (tertiary/aromatic N) is 2. The number of halogens is 1. The molecule has 1 aromatic heterocycles. The van der Waals surface area contributed by atoms with Gasteiger partial charge in [-0.15, -0.1) is 11.6 Å². The Hall–Kier alpha value is -0.860. The summed E-state index contributed by atoms with van der Waals surface area (Å²) in [6, 6.07) is 4.01. The van der Waals surface area contributed by atoms with Gasteiger partial charge in [0.2, 0.25) is 0 Å². The minimum atomic E-state index is 0.525. The highest BCUT2D eigenvalue weighted by Crippen LogP contribution is 2.03. The summed E-state index contributed by atoms with van der Waals surface area (Å²) in [6.45, 7) is 5.58. The summed E-state index contributed by atoms with van der Waals surface area (Å²) in [6.07, 6.45) is 3.65. The standard InChI is InChI=1S/C11H15ClN2/c1-10(6-12)8-14(2)9-11-4-3-5-13-7-11/h3-5,7H,1,6,8-9H2,2H3. The molecular formula is C11H15ClN2. The van der Waals surface area contributed by atoms with Crippen molar-refractivity contribution in [2.24, 2.45) is 0 Å². The van der Waals surface area contributed by atoms with Gasteiger partial charge in [0.05, 0.1) is 0 Å². The molecule has 0 saturated carbocycles. The van der Waals surface area contributed by atoms with Gasteiger partial charge in [-0.05, 0) is 24.3 Å². The SMILES string of the molecule is C=C(CCl)CN(C)Cc1cccnc1. The van der Waals surface area contributed by atoms with Crippen LogP contribution in [0.4, 0.5) is 0 Å². The summed E-state index contributed by atoms with van der Waals surface area (Å²) in [4.78, 5) is 6.23. The number of pyridine rings is 1. The van der Waals surface area contributed by atoms with Crippen molar-refractivity contribution in [2.75, 3.05) is 19.5 Å². The second-order valence-electron chi connectivity index (χ2n) is 3.42. The Balaban J connectivity index is 2.41. The van der Waals surface area contributed by atoms with Crippen LogP contribution < -0.4 is 0 Å². The highest BCUT2D eigenvalue weighted by molar-refractivity contribution is 6.19. The molecule has 0 aliphatic rings. The van der Waals surface area contributed by atoms with Gasteiger partial charge in [0.15, 0.2) is 0 Å². The van der Waals surface area contributed by atoms with E-state index in [0.717, 1.165) is 18.7 Å². The molecule has 0 spiro atoms. The fourth-order valence-electron chi connectivity index (χ4n) is 1.28. The van der Waals surface area contributed by atoms with Crippen molar-refractivity contribution in [3.63, 3.8) is 0 Å². The summed E-state index contributed by atoms with van der Waals surface area (Å²) in [7, 11) is 2.05. The van der Waals surface area contributed by atoms with Crippen LogP contribution in [0, 0.1) is 0 Å². The Morgan fingerprint density at radius 3 is 3.00 bits per heavy atom. The molecule has 0 saturated heterocycles. The van der Waals surface area contributed by atoms with Crippen LogP contribution in [-0.2, 0) is 6.54 Å². The first-order chi connectivity index (χ1) is 6.72. The number of aromatic nitrogens is 1. The largest absolute Gasteiger partial charge is 0.298 e. The molecular weight excluding hydrogens is 196 g/mol. The Morgan fingerprint density at radius 1 is 1.64 bits per heavy atom. The van der Waals surface area contributed by atoms with Crippen LogP contribution in [0.1, 0.15) is 5.56 Å². The molecule has 0 aliphatic carbocycles. The average Bonchev–Trinajstić information content (AvgIpc) is 2.19. The molecule has 0 aliphatic heterocycles. The van der Waals surface area contributed by atoms with E-state index in [1.807, 2.05) is 19.3 Å². The number of likely N-dealkylation sites (N-methyl/N-ethyl adjacent to an activating group) is 1. The smallest absolute Gasteiger partial charge is 0.0443 e. The van der Waals surface area contributed by atoms with Crippen LogP contribution in [0.5, 0.6) is 0 Å². The normalized spacial score (nSPS) is 10.5. The van der Waals surface area contributed by atoms with Crippen LogP contribution in [0.3, 0.4) is 0 Å². The van der Waals surface area contributed by atoms with E-state index < -0.39 is 0 Å². The molecule has 76 valence electrons. The lowest BCUT2D eigenvalue weighted by Crippen LogP contribution is -2.20. The summed E-state index contributed by atoms with van der Waals surface area (Å²) >= 11 is 5.66. The molecule has 1 aromatic rings. The van der Waals surface area contributed by atoms with Crippen LogP contribution in [0.15, 0.2) is 36.7 Å². The quantitative estimate of drug-likeness (QED) is 0.548. The van der Waals surface area contributed by atoms with Gasteiger partial charge in [-0.25, -0.2) is 0 Å². The highest BCUT2D eigenvalue weighted by Gasteiger charge is 2.01. The van der Waals surface area contributed by atoms with Gasteiger partial charge in [0, 0.05) is 31.4 Å². The van der Waals surface area contributed by atoms with Gasteiger partial charge in [-0.1, -0.05) is 12.6 Å². The van der Waals surface area contributed by atoms with Gasteiger partial charge in [-0.3, -0.25) is 9.88 Å². The van der Waals surface area contributed by atoms with Crippen molar-refractivity contribution in [3.05, 3.63) is 42.2 Å². The zero-order chi connectivity index (χ0) is 10.4. The second kappa shape index (κ2) is 5.78. The van der Waals surface area contributed by atoms with E-state index >= 15 is 0 Å². The molecule has 0 aromatic carbocycles. The maximum absolute atomic E-state index is 5.66. The summed E-state index contributed by atoms with van der Waals surface area (Å²) < 4.78 is 0. The van der Waals surface area contributed by atoms with E-state index in [-0.39, 0.29) is 0 Å². The van der Waals surface area contributed by atoms with Crippen LogP contribution in [0.25, 0.3) is 0 Å². The number of hydrogen-bond donors (Lipinski definition) is 0. The third kappa shape index (κ3) is 3.90. The van der Waals surface area contributed by atoms with E-state index in [0.29, 0.717) is 5.88 Å². The van der Waals surface area contributed by atoms with E-state index in [1.165, 1.54) is 5.56 Å². The predicted molar refractivity (Wildman–Crippen MR) is 60.4 cm³/mol. The molecule has 0 radical (unpaired) electrons. The Labute approximate surface area is 90.2 Å². The third-order valence-electron chi connectivity index (χ3n) is 1.86. The molecule has 0 unspecified atom stereocenters. The van der Waals surface area contributed by atoms with Gasteiger partial charge < -0.3 is 0 Å². The molecule has 2 nitrogen and oxygen atoms in total. The minimum absolute atomic E-state index is 0.525. The van der Waals surface area contributed by atoms with Crippen LogP contribution in [0.2, 0.25) is 0 Å². The van der Waals surface area contributed by atoms with Crippen molar-refractivity contribution in [2.45, 2.75) is 6.54 Å². The van der Waals surface area contributed by atoms with Crippen molar-refractivity contribution < 1.29 is 0 Å². The first-order valence-electron chi connectivity index (χ1n) is 4.52. The molecule has 14 heavy (non-hydrogen) atoms. The van der Waals surface area contributed by atoms with Crippen LogP contribution in [-0.4, -0.2) is 29.4 Å². The maximum atomic E-state index is 5.66. The van der Waals surface area contributed by atoms with E-state index in [4.69, 9.17) is 11.6 Å². The topological polar surface area (TPSA) is 16.1 Å². The lowest BCUT2D eigenvalue weighted by atomic mass is 10.2. The van der Waals surface area contributed by atoms with E-state index in [9.17, 15) is 0 Å². The first kappa shape index (κ1) is 11.2. The Morgan fingerprint density at radius 2 is 2.43 bits per heavy atom. The lowest BCUT2D eigenvalue weighted by Gasteiger charge is -2.16. The average molecular weight is 211 g/mol. The predicted octanol–water partition coefficient (Wildman–Crippen LogP) is 2.31. The molecule has 0 amide bonds. The van der Waals surface area contributed by atoms with Gasteiger partial charge in [-0.2, -0.15) is 0 Å². The minimum Gasteiger partial charge on any atom is -0.298 e. The van der Waals surface area contributed by atoms with Gasteiger partial charge >= 0.3 is 0 Å². The summed E-state index contributed by atoms with van der Waals surface area (Å²) in [5.74, 6) is 0.525. The number of hydrogen-bond acceptors (Lipinski definition) is 2. The molecule has 0 N–H and O–H groups in total. The molecule has 1 rings (SSSR count). The fraction of sp³-hybridized carbons (Fsp3) is 0.364. The summed E-state index contributed by atoms with van der Waals surface area (Å²) in [5.41, 5.74) is 2.25. The fourth-order valence-corrected chi connectivity index (χ4v) is 1.37. The third-order valence-corrected chi connectivity index (χ3v) is 2.24. The van der Waals surface area contributed by atoms with E-state index in [2.05, 4.69) is 22.5 Å². The molecule has 0 atom stereocenters. The van der Waals surface area contributed by atoms with Crippen LogP contribution >= 0.6 is 11.6 Å². The molecule has 1 heterocycles. The monoisotopic (exact) mass is 210 g/mol. The van der Waals surface area contributed by atoms with Crippen molar-refractivity contribution >= 4 is 11.6 Å². The number of rotatable bonds is 5. The second-order valence-corrected chi connectivity index (χ2v) is 3.68. The van der Waals surface area contributed by atoms with Crippen molar-refractivity contribution in [3.8, 4) is 0 Å². The molecule has 0 bridgehead atoms. The zero-order valence-corrected chi connectivity index (χ0v) is 9.17. The molecule has 3 heteroatoms. The first-order valence-corrected chi connectivity index (χ1v) is 5.06. The van der Waals surface area contributed by atoms with E-state index in [1.54, 1.807) is 6.20 Å². The Kier molecular flexibility index (Phi) is 4.63. The number of alkyl halides is 1. The maximum Gasteiger partial charge on any atom is 0.0443 e. The highest BCUT2D eigenvalue weighted by atomic mass is 35.5. The molecule has 0 fully saturated rings.